The highest BCUT2D eigenvalue weighted by Crippen LogP contribution is 2.54. The number of benzene rings is 2. The van der Waals surface area contributed by atoms with E-state index in [-0.39, 0.29) is 6.42 Å². The molecule has 0 spiro atoms. The van der Waals surface area contributed by atoms with Crippen molar-refractivity contribution in [2.24, 2.45) is 11.3 Å². The zero-order valence-electron chi connectivity index (χ0n) is 20.3. The Kier molecular flexibility index (Phi) is 7.82. The van der Waals surface area contributed by atoms with Crippen LogP contribution in [0.25, 0.3) is 0 Å². The number of carboxylic acids is 1. The Bertz CT molecular complexity index is 1330. The molecule has 1 saturated heterocycles. The van der Waals surface area contributed by atoms with Crippen LogP contribution in [0.15, 0.2) is 48.5 Å². The predicted molar refractivity (Wildman–Crippen MR) is 137 cm³/mol. The third-order valence-electron chi connectivity index (χ3n) is 7.40. The standard InChI is InChI=1S/C26H26Cl2F3NO5S/c1-25(13-22(33)34)12-20(17-3-2-4-19(28)11-17)23(16-7-9-18(27)10-8-16)32(24(25)35)21(15-5-6-15)14-38(36,37)26(29,30)31/h2-4,7-11,15,20-21,23H,5-6,12-14H2,1H3,(H,33,34)/t20-,21?,23-,25-/m1/s1. The summed E-state index contributed by atoms with van der Waals surface area (Å²) in [4.78, 5) is 27.2. The number of amides is 1. The maximum atomic E-state index is 14.1. The number of carbonyl (C=O) groups excluding carboxylic acids is 1. The van der Waals surface area contributed by atoms with Gasteiger partial charge >= 0.3 is 11.5 Å². The number of halogens is 5. The molecule has 1 saturated carbocycles. The summed E-state index contributed by atoms with van der Waals surface area (Å²) in [7, 11) is -5.59. The molecule has 2 fully saturated rings. The van der Waals surface area contributed by atoms with Crippen molar-refractivity contribution in [2.75, 3.05) is 5.75 Å². The van der Waals surface area contributed by atoms with Gasteiger partial charge in [-0.2, -0.15) is 13.2 Å². The van der Waals surface area contributed by atoms with Gasteiger partial charge in [-0.15, -0.1) is 0 Å². The van der Waals surface area contributed by atoms with E-state index in [1.807, 2.05) is 0 Å². The first-order valence-electron chi connectivity index (χ1n) is 12.0. The van der Waals surface area contributed by atoms with E-state index in [1.165, 1.54) is 11.8 Å². The summed E-state index contributed by atoms with van der Waals surface area (Å²) in [6, 6.07) is 11.0. The lowest BCUT2D eigenvalue weighted by Gasteiger charge is -2.52. The summed E-state index contributed by atoms with van der Waals surface area (Å²) in [6.07, 6.45) is 0.390. The van der Waals surface area contributed by atoms with E-state index in [1.54, 1.807) is 48.5 Å². The normalized spacial score (nSPS) is 25.3. The lowest BCUT2D eigenvalue weighted by atomic mass is 9.67. The Labute approximate surface area is 228 Å². The van der Waals surface area contributed by atoms with Gasteiger partial charge in [0, 0.05) is 22.0 Å². The van der Waals surface area contributed by atoms with E-state index < -0.39 is 68.7 Å². The van der Waals surface area contributed by atoms with E-state index in [0.717, 1.165) is 0 Å². The SMILES string of the molecule is C[C@]1(CC(=O)O)C[C@H](c2cccc(Cl)c2)[C@@H](c2ccc(Cl)cc2)N(C(CS(=O)(=O)C(F)(F)F)C2CC2)C1=O. The minimum Gasteiger partial charge on any atom is -0.481 e. The van der Waals surface area contributed by atoms with Gasteiger partial charge in [0.1, 0.15) is 0 Å². The largest absolute Gasteiger partial charge is 0.497 e. The lowest BCUT2D eigenvalue weighted by Crippen LogP contribution is -2.58. The zero-order chi connectivity index (χ0) is 28.0. The number of piperidine rings is 1. The second-order valence-electron chi connectivity index (χ2n) is 10.3. The van der Waals surface area contributed by atoms with Crippen LogP contribution in [0.4, 0.5) is 13.2 Å². The molecule has 1 aliphatic heterocycles. The van der Waals surface area contributed by atoms with Gasteiger partial charge in [-0.25, -0.2) is 8.42 Å². The molecular formula is C26H26Cl2F3NO5S. The van der Waals surface area contributed by atoms with Gasteiger partial charge in [-0.05, 0) is 60.6 Å². The number of aliphatic carboxylic acids is 1. The van der Waals surface area contributed by atoms with Crippen molar-refractivity contribution in [1.29, 1.82) is 0 Å². The van der Waals surface area contributed by atoms with Crippen LogP contribution in [0.2, 0.25) is 10.0 Å². The molecule has 2 aliphatic rings. The first kappa shape index (κ1) is 28.7. The van der Waals surface area contributed by atoms with Crippen molar-refractivity contribution in [3.63, 3.8) is 0 Å². The minimum absolute atomic E-state index is 0.0612. The second-order valence-corrected chi connectivity index (χ2v) is 13.2. The average Bonchev–Trinajstić information content (AvgIpc) is 3.64. The van der Waals surface area contributed by atoms with Gasteiger partial charge in [-0.3, -0.25) is 9.59 Å². The molecule has 0 radical (unpaired) electrons. The molecule has 2 aromatic carbocycles. The number of sulfone groups is 1. The fourth-order valence-electron chi connectivity index (χ4n) is 5.49. The van der Waals surface area contributed by atoms with E-state index >= 15 is 0 Å². The molecular weight excluding hydrogens is 566 g/mol. The third-order valence-corrected chi connectivity index (χ3v) is 9.37. The number of carboxylic acid groups (broad SMARTS) is 1. The van der Waals surface area contributed by atoms with Gasteiger partial charge < -0.3 is 10.0 Å². The smallest absolute Gasteiger partial charge is 0.481 e. The minimum atomic E-state index is -5.59. The van der Waals surface area contributed by atoms with Crippen LogP contribution < -0.4 is 0 Å². The zero-order valence-corrected chi connectivity index (χ0v) is 22.6. The number of hydrogen-bond donors (Lipinski definition) is 1. The average molecular weight is 592 g/mol. The van der Waals surface area contributed by atoms with Crippen molar-refractivity contribution >= 4 is 44.9 Å². The number of hydrogen-bond acceptors (Lipinski definition) is 4. The fraction of sp³-hybridized carbons (Fsp3) is 0.462. The molecule has 206 valence electrons. The number of likely N-dealkylation sites (tertiary alicyclic amines) is 1. The quantitative estimate of drug-likeness (QED) is 0.392. The molecule has 0 bridgehead atoms. The maximum Gasteiger partial charge on any atom is 0.497 e. The maximum absolute atomic E-state index is 14.1. The predicted octanol–water partition coefficient (Wildman–Crippen LogP) is 6.24. The number of alkyl halides is 3. The topological polar surface area (TPSA) is 91.8 Å². The van der Waals surface area contributed by atoms with Crippen LogP contribution in [-0.2, 0) is 19.4 Å². The van der Waals surface area contributed by atoms with E-state index in [9.17, 15) is 36.3 Å². The van der Waals surface area contributed by atoms with E-state index in [0.29, 0.717) is 34.0 Å². The summed E-state index contributed by atoms with van der Waals surface area (Å²) < 4.78 is 65.3. The lowest BCUT2D eigenvalue weighted by molar-refractivity contribution is -0.160. The van der Waals surface area contributed by atoms with Gasteiger partial charge in [0.05, 0.1) is 23.6 Å². The number of rotatable bonds is 8. The van der Waals surface area contributed by atoms with Crippen molar-refractivity contribution in [3.8, 4) is 0 Å². The number of carbonyl (C=O) groups is 2. The van der Waals surface area contributed by atoms with Gasteiger partial charge in [0.25, 0.3) is 0 Å². The highest BCUT2D eigenvalue weighted by Gasteiger charge is 2.57. The second kappa shape index (κ2) is 10.4. The van der Waals surface area contributed by atoms with Crippen LogP contribution >= 0.6 is 23.2 Å². The molecule has 1 aliphatic carbocycles. The van der Waals surface area contributed by atoms with Crippen molar-refractivity contribution in [1.82, 2.24) is 4.90 Å². The molecule has 0 aromatic heterocycles. The summed E-state index contributed by atoms with van der Waals surface area (Å²) in [6.45, 7) is 1.47. The Morgan fingerprint density at radius 1 is 1.11 bits per heavy atom. The van der Waals surface area contributed by atoms with Gasteiger partial charge in [0.15, 0.2) is 0 Å². The molecule has 38 heavy (non-hydrogen) atoms. The molecule has 4 rings (SSSR count). The van der Waals surface area contributed by atoms with Crippen LogP contribution in [0.5, 0.6) is 0 Å². The monoisotopic (exact) mass is 591 g/mol. The molecule has 1 unspecified atom stereocenters. The third kappa shape index (κ3) is 5.82. The molecule has 2 aromatic rings. The Morgan fingerprint density at radius 3 is 2.26 bits per heavy atom. The summed E-state index contributed by atoms with van der Waals surface area (Å²) in [5, 5.41) is 10.4. The Balaban J connectivity index is 1.94. The van der Waals surface area contributed by atoms with Crippen molar-refractivity contribution < 1.29 is 36.3 Å². The molecule has 4 atom stereocenters. The van der Waals surface area contributed by atoms with E-state index in [4.69, 9.17) is 23.2 Å². The highest BCUT2D eigenvalue weighted by atomic mass is 35.5. The highest BCUT2D eigenvalue weighted by molar-refractivity contribution is 7.92. The van der Waals surface area contributed by atoms with Crippen LogP contribution in [0, 0.1) is 11.3 Å². The fourth-order valence-corrected chi connectivity index (χ4v) is 6.88. The van der Waals surface area contributed by atoms with Crippen LogP contribution in [0.3, 0.4) is 0 Å². The van der Waals surface area contributed by atoms with Crippen LogP contribution in [-0.4, -0.2) is 47.6 Å². The molecule has 1 amide bonds. The summed E-state index contributed by atoms with van der Waals surface area (Å²) >= 11 is 12.3. The van der Waals surface area contributed by atoms with Crippen molar-refractivity contribution in [2.45, 2.75) is 56.1 Å². The molecule has 6 nitrogen and oxygen atoms in total. The summed E-state index contributed by atoms with van der Waals surface area (Å²) in [5.41, 5.74) is -5.80. The van der Waals surface area contributed by atoms with Gasteiger partial charge in [-0.1, -0.05) is 54.4 Å². The van der Waals surface area contributed by atoms with Crippen LogP contribution in [0.1, 0.15) is 55.7 Å². The Morgan fingerprint density at radius 2 is 1.74 bits per heavy atom. The van der Waals surface area contributed by atoms with Gasteiger partial charge in [0.2, 0.25) is 15.7 Å². The Hall–Kier alpha value is -2.30. The molecule has 1 N–H and O–H groups in total. The molecule has 12 heteroatoms. The van der Waals surface area contributed by atoms with E-state index in [2.05, 4.69) is 0 Å². The van der Waals surface area contributed by atoms with Crippen molar-refractivity contribution in [3.05, 3.63) is 69.7 Å². The first-order valence-corrected chi connectivity index (χ1v) is 14.4. The summed E-state index contributed by atoms with van der Waals surface area (Å²) in [5.74, 6) is -4.30. The number of nitrogens with zero attached hydrogens (tertiary/aromatic N) is 1. The molecule has 1 heterocycles. The first-order chi connectivity index (χ1) is 17.6.